The molecule has 2 atom stereocenters. The maximum absolute atomic E-state index is 13.0. The molecule has 172 valence electrons. The van der Waals surface area contributed by atoms with Crippen LogP contribution in [0.15, 0.2) is 42.5 Å². The van der Waals surface area contributed by atoms with Crippen molar-refractivity contribution < 1.29 is 18.7 Å². The molecule has 2 aromatic rings. The third-order valence-corrected chi connectivity index (χ3v) is 5.95. The van der Waals surface area contributed by atoms with Crippen LogP contribution in [0, 0.1) is 5.82 Å². The van der Waals surface area contributed by atoms with E-state index < -0.39 is 0 Å². The maximum atomic E-state index is 13.0. The van der Waals surface area contributed by atoms with Gasteiger partial charge in [-0.15, -0.1) is 0 Å². The number of hydrogen-bond donors (Lipinski definition) is 2. The van der Waals surface area contributed by atoms with Gasteiger partial charge in [-0.25, -0.2) is 4.39 Å². The number of methoxy groups -OCH3 is 2. The minimum atomic E-state index is -0.272. The highest BCUT2D eigenvalue weighted by Crippen LogP contribution is 2.29. The molecule has 3 rings (SSSR count). The average Bonchev–Trinajstić information content (AvgIpc) is 2.80. The third kappa shape index (κ3) is 6.22. The molecule has 0 aliphatic carbocycles. The average molecular weight is 462 g/mol. The van der Waals surface area contributed by atoms with E-state index in [0.29, 0.717) is 28.6 Å². The van der Waals surface area contributed by atoms with Crippen molar-refractivity contribution in [1.82, 2.24) is 10.2 Å². The Hall–Kier alpha value is -2.61. The van der Waals surface area contributed by atoms with Gasteiger partial charge in [-0.2, -0.15) is 0 Å². The number of nitrogens with two attached hydrogens (primary N) is 1. The molecule has 1 fully saturated rings. The maximum Gasteiger partial charge on any atom is 0.255 e. The van der Waals surface area contributed by atoms with E-state index in [0.717, 1.165) is 31.5 Å². The molecule has 32 heavy (non-hydrogen) atoms. The Bertz CT molecular complexity index is 952. The fourth-order valence-electron chi connectivity index (χ4n) is 3.80. The van der Waals surface area contributed by atoms with E-state index in [2.05, 4.69) is 16.3 Å². The van der Waals surface area contributed by atoms with Crippen LogP contribution in [0.4, 0.5) is 10.1 Å². The van der Waals surface area contributed by atoms with Gasteiger partial charge in [0.25, 0.3) is 5.91 Å². The molecule has 1 heterocycles. The van der Waals surface area contributed by atoms with Crippen LogP contribution in [0.5, 0.6) is 5.75 Å². The first kappa shape index (κ1) is 24.0. The van der Waals surface area contributed by atoms with Crippen LogP contribution >= 0.6 is 11.6 Å². The number of halogens is 2. The highest BCUT2D eigenvalue weighted by molar-refractivity contribution is 6.33. The molecular formula is C24H29ClFN3O3. The number of nitrogens with zero attached hydrogens (tertiary/aromatic N) is 1. The molecule has 1 aliphatic rings. The summed E-state index contributed by atoms with van der Waals surface area (Å²) >= 11 is 6.10. The van der Waals surface area contributed by atoms with Crippen LogP contribution in [0.25, 0.3) is 6.08 Å². The number of rotatable bonds is 8. The lowest BCUT2D eigenvalue weighted by Gasteiger charge is -2.38. The monoisotopic (exact) mass is 461 g/mol. The minimum Gasteiger partial charge on any atom is -0.496 e. The summed E-state index contributed by atoms with van der Waals surface area (Å²) in [6, 6.07) is 9.36. The first-order valence-corrected chi connectivity index (χ1v) is 10.9. The summed E-state index contributed by atoms with van der Waals surface area (Å²) in [6.45, 7) is 2.43. The minimum absolute atomic E-state index is 0.125. The van der Waals surface area contributed by atoms with Crippen molar-refractivity contribution in [2.45, 2.75) is 25.0 Å². The Kier molecular flexibility index (Phi) is 8.50. The Morgan fingerprint density at radius 2 is 2.06 bits per heavy atom. The van der Waals surface area contributed by atoms with Crippen molar-refractivity contribution in [3.63, 3.8) is 0 Å². The molecule has 0 spiro atoms. The van der Waals surface area contributed by atoms with Crippen molar-refractivity contribution >= 4 is 29.3 Å². The van der Waals surface area contributed by atoms with Crippen molar-refractivity contribution in [2.24, 2.45) is 0 Å². The highest BCUT2D eigenvalue weighted by atomic mass is 35.5. The Labute approximate surface area is 193 Å². The van der Waals surface area contributed by atoms with Crippen molar-refractivity contribution in [2.75, 3.05) is 39.6 Å². The Morgan fingerprint density at radius 3 is 2.75 bits per heavy atom. The van der Waals surface area contributed by atoms with E-state index in [1.807, 2.05) is 6.08 Å². The molecule has 1 aliphatic heterocycles. The van der Waals surface area contributed by atoms with Crippen molar-refractivity contribution in [3.8, 4) is 5.75 Å². The second kappa shape index (κ2) is 11.3. The predicted molar refractivity (Wildman–Crippen MR) is 126 cm³/mol. The Morgan fingerprint density at radius 1 is 1.31 bits per heavy atom. The molecule has 8 heteroatoms. The van der Waals surface area contributed by atoms with Crippen molar-refractivity contribution in [3.05, 3.63) is 64.4 Å². The van der Waals surface area contributed by atoms with Gasteiger partial charge < -0.3 is 25.4 Å². The molecule has 0 radical (unpaired) electrons. The van der Waals surface area contributed by atoms with Gasteiger partial charge in [0.2, 0.25) is 0 Å². The number of carbonyl (C=O) groups excluding carboxylic acids is 1. The van der Waals surface area contributed by atoms with Gasteiger partial charge >= 0.3 is 0 Å². The number of piperidine rings is 1. The number of benzene rings is 2. The summed E-state index contributed by atoms with van der Waals surface area (Å²) in [5, 5.41) is 3.36. The van der Waals surface area contributed by atoms with E-state index >= 15 is 0 Å². The summed E-state index contributed by atoms with van der Waals surface area (Å²) in [5.74, 6) is -0.129. The zero-order chi connectivity index (χ0) is 23.1. The van der Waals surface area contributed by atoms with Gasteiger partial charge in [0, 0.05) is 32.8 Å². The summed E-state index contributed by atoms with van der Waals surface area (Å²) in [4.78, 5) is 15.2. The van der Waals surface area contributed by atoms with Gasteiger partial charge in [-0.3, -0.25) is 4.79 Å². The number of carbonyl (C=O) groups is 1. The summed E-state index contributed by atoms with van der Waals surface area (Å²) in [7, 11) is 3.14. The third-order valence-electron chi connectivity index (χ3n) is 5.62. The number of ether oxygens (including phenoxy) is 2. The van der Waals surface area contributed by atoms with Crippen LogP contribution in [0.1, 0.15) is 28.8 Å². The van der Waals surface area contributed by atoms with Gasteiger partial charge in [0.1, 0.15) is 11.6 Å². The van der Waals surface area contributed by atoms with Crippen LogP contribution in [-0.4, -0.2) is 56.8 Å². The largest absolute Gasteiger partial charge is 0.496 e. The van der Waals surface area contributed by atoms with Crippen LogP contribution in [0.3, 0.4) is 0 Å². The van der Waals surface area contributed by atoms with Gasteiger partial charge in [-0.1, -0.05) is 35.9 Å². The van der Waals surface area contributed by atoms with E-state index in [9.17, 15) is 9.18 Å². The fourth-order valence-corrected chi connectivity index (χ4v) is 3.96. The lowest BCUT2D eigenvalue weighted by Crippen LogP contribution is -2.54. The second-order valence-corrected chi connectivity index (χ2v) is 8.17. The first-order valence-electron chi connectivity index (χ1n) is 10.5. The van der Waals surface area contributed by atoms with E-state index in [1.165, 1.54) is 25.3 Å². The zero-order valence-electron chi connectivity index (χ0n) is 18.3. The number of nitrogens with one attached hydrogen (secondary N) is 1. The molecule has 1 amide bonds. The fraction of sp³-hybridized carbons (Fsp3) is 0.375. The van der Waals surface area contributed by atoms with Crippen molar-refractivity contribution in [1.29, 1.82) is 0 Å². The topological polar surface area (TPSA) is 76.8 Å². The zero-order valence-corrected chi connectivity index (χ0v) is 19.1. The van der Waals surface area contributed by atoms with E-state index in [-0.39, 0.29) is 23.9 Å². The SMILES string of the molecule is COc1cc(N)c(Cl)cc1C(=O)N[C@H]1CCN(CCC=Cc2ccc(F)cc2)C[C@H]1OC. The van der Waals surface area contributed by atoms with Crippen LogP contribution in [0.2, 0.25) is 5.02 Å². The molecule has 3 N–H and O–H groups in total. The number of likely N-dealkylation sites (tertiary alicyclic amines) is 1. The number of nitrogen functional groups attached to an aromatic ring is 1. The molecule has 2 aromatic carbocycles. The first-order chi connectivity index (χ1) is 15.4. The molecule has 0 unspecified atom stereocenters. The molecule has 1 saturated heterocycles. The summed E-state index contributed by atoms with van der Waals surface area (Å²) in [6.07, 6.45) is 5.57. The van der Waals surface area contributed by atoms with Crippen LogP contribution < -0.4 is 15.8 Å². The lowest BCUT2D eigenvalue weighted by atomic mass is 10.0. The number of anilines is 1. The smallest absolute Gasteiger partial charge is 0.255 e. The van der Waals surface area contributed by atoms with Crippen LogP contribution in [-0.2, 0) is 4.74 Å². The molecule has 6 nitrogen and oxygen atoms in total. The van der Waals surface area contributed by atoms with Gasteiger partial charge in [0.15, 0.2) is 0 Å². The second-order valence-electron chi connectivity index (χ2n) is 7.76. The normalized spacial score (nSPS) is 19.2. The lowest BCUT2D eigenvalue weighted by molar-refractivity contribution is 0.00695. The Balaban J connectivity index is 1.53. The molecule has 0 bridgehead atoms. The number of hydrogen-bond acceptors (Lipinski definition) is 5. The standard InChI is InChI=1S/C24H29ClFN3O3/c1-31-22-14-20(27)19(25)13-18(22)24(30)28-21-10-12-29(15-23(21)32-2)11-4-3-5-16-6-8-17(26)9-7-16/h3,5-9,13-14,21,23H,4,10-12,15,27H2,1-2H3,(H,28,30)/t21-,23+/m0/s1. The van der Waals surface area contributed by atoms with E-state index in [1.54, 1.807) is 25.3 Å². The molecule has 0 saturated carbocycles. The highest BCUT2D eigenvalue weighted by Gasteiger charge is 2.31. The summed E-state index contributed by atoms with van der Waals surface area (Å²) < 4.78 is 23.9. The molecular weight excluding hydrogens is 433 g/mol. The predicted octanol–water partition coefficient (Wildman–Crippen LogP) is 3.99. The quantitative estimate of drug-likeness (QED) is 0.581. The van der Waals surface area contributed by atoms with Gasteiger partial charge in [-0.05, 0) is 36.6 Å². The molecule has 0 aromatic heterocycles. The van der Waals surface area contributed by atoms with Gasteiger partial charge in [0.05, 0.1) is 35.5 Å². The van der Waals surface area contributed by atoms with E-state index in [4.69, 9.17) is 26.8 Å². The number of amides is 1. The summed E-state index contributed by atoms with van der Waals surface area (Å²) in [5.41, 5.74) is 7.48.